The van der Waals surface area contributed by atoms with E-state index < -0.39 is 26.0 Å². The number of nitrogens with one attached hydrogen (secondary N) is 2. The number of sulfonamides is 2. The first kappa shape index (κ1) is 27.7. The van der Waals surface area contributed by atoms with Gasteiger partial charge in [-0.15, -0.1) is 0 Å². The Hall–Kier alpha value is -3.35. The van der Waals surface area contributed by atoms with Crippen molar-refractivity contribution in [1.82, 2.24) is 14.3 Å². The van der Waals surface area contributed by atoms with Crippen molar-refractivity contribution >= 4 is 37.6 Å². The molecule has 1 fully saturated rings. The number of amides is 1. The molecule has 0 radical (unpaired) electrons. The van der Waals surface area contributed by atoms with Gasteiger partial charge in [0.05, 0.1) is 9.79 Å². The molecule has 0 bridgehead atoms. The molecular formula is C26H31N5O5S2. The van der Waals surface area contributed by atoms with Crippen molar-refractivity contribution in [2.24, 2.45) is 0 Å². The molecule has 4 rings (SSSR count). The summed E-state index contributed by atoms with van der Waals surface area (Å²) in [6.45, 7) is 6.13. The third-order valence-corrected chi connectivity index (χ3v) is 9.65. The fraction of sp³-hybridized carbons (Fsp3) is 0.346. The van der Waals surface area contributed by atoms with Gasteiger partial charge in [-0.3, -0.25) is 4.79 Å². The number of rotatable bonds is 7. The monoisotopic (exact) mass is 557 g/mol. The van der Waals surface area contributed by atoms with E-state index in [0.29, 0.717) is 35.7 Å². The van der Waals surface area contributed by atoms with Gasteiger partial charge in [-0.1, -0.05) is 18.9 Å². The SMILES string of the molecule is Cc1cc(C)nc(NS(=O)(=O)c2ccc(NC(=O)c3ccc(C)c(S(=O)(=O)N4CCCCCC4)c3)cc2)n1. The fourth-order valence-corrected chi connectivity index (χ4v) is 7.02. The summed E-state index contributed by atoms with van der Waals surface area (Å²) >= 11 is 0. The van der Waals surface area contributed by atoms with Crippen LogP contribution in [0.25, 0.3) is 0 Å². The third kappa shape index (κ3) is 6.37. The minimum absolute atomic E-state index is 0.0230. The average molecular weight is 558 g/mol. The molecule has 2 aromatic carbocycles. The van der Waals surface area contributed by atoms with E-state index in [1.807, 2.05) is 0 Å². The minimum Gasteiger partial charge on any atom is -0.322 e. The Morgan fingerprint density at radius 2 is 1.42 bits per heavy atom. The number of aryl methyl sites for hydroxylation is 3. The number of hydrogen-bond acceptors (Lipinski definition) is 7. The maximum absolute atomic E-state index is 13.3. The summed E-state index contributed by atoms with van der Waals surface area (Å²) < 4.78 is 56.0. The van der Waals surface area contributed by atoms with Crippen LogP contribution in [0.1, 0.15) is 53.0 Å². The summed E-state index contributed by atoms with van der Waals surface area (Å²) in [7, 11) is -7.67. The number of benzene rings is 2. The molecule has 1 saturated heterocycles. The highest BCUT2D eigenvalue weighted by molar-refractivity contribution is 7.92. The van der Waals surface area contributed by atoms with Crippen molar-refractivity contribution in [2.75, 3.05) is 23.1 Å². The second-order valence-corrected chi connectivity index (χ2v) is 12.9. The predicted octanol–water partition coefficient (Wildman–Crippen LogP) is 4.02. The zero-order chi connectivity index (χ0) is 27.5. The van der Waals surface area contributed by atoms with Crippen molar-refractivity contribution in [1.29, 1.82) is 0 Å². The summed E-state index contributed by atoms with van der Waals surface area (Å²) in [4.78, 5) is 21.2. The zero-order valence-corrected chi connectivity index (χ0v) is 23.2. The fourth-order valence-electron chi connectivity index (χ4n) is 4.31. The van der Waals surface area contributed by atoms with E-state index in [0.717, 1.165) is 25.7 Å². The van der Waals surface area contributed by atoms with Gasteiger partial charge in [0.15, 0.2) is 0 Å². The summed E-state index contributed by atoms with van der Waals surface area (Å²) in [6, 6.07) is 11.9. The van der Waals surface area contributed by atoms with Crippen molar-refractivity contribution in [3.05, 3.63) is 71.0 Å². The van der Waals surface area contributed by atoms with E-state index in [1.54, 1.807) is 39.0 Å². The largest absolute Gasteiger partial charge is 0.322 e. The summed E-state index contributed by atoms with van der Waals surface area (Å²) in [5.41, 5.74) is 2.38. The first-order valence-electron chi connectivity index (χ1n) is 12.3. The maximum Gasteiger partial charge on any atom is 0.264 e. The molecule has 0 unspecified atom stereocenters. The number of aromatic nitrogens is 2. The lowest BCUT2D eigenvalue weighted by molar-refractivity contribution is 0.102. The Kier molecular flexibility index (Phi) is 8.14. The van der Waals surface area contributed by atoms with E-state index in [1.165, 1.54) is 34.6 Å². The number of anilines is 2. The molecule has 3 aromatic rings. The molecule has 12 heteroatoms. The quantitative estimate of drug-likeness (QED) is 0.447. The first-order chi connectivity index (χ1) is 18.0. The van der Waals surface area contributed by atoms with Crippen LogP contribution in [0.4, 0.5) is 11.6 Å². The van der Waals surface area contributed by atoms with Crippen molar-refractivity contribution < 1.29 is 21.6 Å². The second-order valence-electron chi connectivity index (χ2n) is 9.36. The van der Waals surface area contributed by atoms with Crippen molar-refractivity contribution in [3.63, 3.8) is 0 Å². The summed E-state index contributed by atoms with van der Waals surface area (Å²) in [5.74, 6) is -0.528. The predicted molar refractivity (Wildman–Crippen MR) is 145 cm³/mol. The molecular weight excluding hydrogens is 526 g/mol. The second kappa shape index (κ2) is 11.2. The van der Waals surface area contributed by atoms with Gasteiger partial charge in [-0.05, 0) is 81.6 Å². The molecule has 2 N–H and O–H groups in total. The van der Waals surface area contributed by atoms with Crippen molar-refractivity contribution in [2.45, 2.75) is 56.2 Å². The topological polar surface area (TPSA) is 138 Å². The highest BCUT2D eigenvalue weighted by Crippen LogP contribution is 2.25. The molecule has 2 heterocycles. The lowest BCUT2D eigenvalue weighted by Gasteiger charge is -2.21. The molecule has 202 valence electrons. The van der Waals surface area contributed by atoms with Gasteiger partial charge in [0, 0.05) is 35.7 Å². The number of carbonyl (C=O) groups excluding carboxylic acids is 1. The van der Waals surface area contributed by atoms with Crippen LogP contribution in [0.2, 0.25) is 0 Å². The highest BCUT2D eigenvalue weighted by Gasteiger charge is 2.27. The van der Waals surface area contributed by atoms with Crippen molar-refractivity contribution in [3.8, 4) is 0 Å². The Labute approximate surface area is 223 Å². The van der Waals surface area contributed by atoms with Gasteiger partial charge in [0.1, 0.15) is 0 Å². The van der Waals surface area contributed by atoms with E-state index in [2.05, 4.69) is 20.0 Å². The lowest BCUT2D eigenvalue weighted by Crippen LogP contribution is -2.32. The summed E-state index contributed by atoms with van der Waals surface area (Å²) in [5, 5.41) is 2.70. The zero-order valence-electron chi connectivity index (χ0n) is 21.6. The van der Waals surface area contributed by atoms with E-state index in [9.17, 15) is 21.6 Å². The molecule has 1 aromatic heterocycles. The Morgan fingerprint density at radius 3 is 2.03 bits per heavy atom. The Balaban J connectivity index is 1.50. The van der Waals surface area contributed by atoms with Crippen LogP contribution in [-0.4, -0.2) is 50.1 Å². The van der Waals surface area contributed by atoms with E-state index in [-0.39, 0.29) is 21.3 Å². The van der Waals surface area contributed by atoms with Crippen LogP contribution in [0.3, 0.4) is 0 Å². The molecule has 0 spiro atoms. The van der Waals surface area contributed by atoms with Crippen LogP contribution in [-0.2, 0) is 20.0 Å². The molecule has 1 amide bonds. The number of hydrogen-bond donors (Lipinski definition) is 2. The van der Waals surface area contributed by atoms with Gasteiger partial charge in [0.2, 0.25) is 16.0 Å². The minimum atomic E-state index is -3.94. The maximum atomic E-state index is 13.3. The Morgan fingerprint density at radius 1 is 0.816 bits per heavy atom. The van der Waals surface area contributed by atoms with Gasteiger partial charge in [-0.25, -0.2) is 31.5 Å². The van der Waals surface area contributed by atoms with Gasteiger partial charge in [0.25, 0.3) is 15.9 Å². The number of nitrogens with zero attached hydrogens (tertiary/aromatic N) is 3. The van der Waals surface area contributed by atoms with Crippen LogP contribution in [0, 0.1) is 20.8 Å². The number of carbonyl (C=O) groups is 1. The standard InChI is InChI=1S/C26H31N5O5S2/c1-18-8-9-21(17-24(18)38(35,36)31-14-6-4-5-7-15-31)25(32)29-22-10-12-23(13-11-22)37(33,34)30-26-27-19(2)16-20(3)28-26/h8-13,16-17H,4-7,14-15H2,1-3H3,(H,29,32)(H,27,28,30). The van der Waals surface area contributed by atoms with Crippen LogP contribution in [0.15, 0.2) is 58.3 Å². The van der Waals surface area contributed by atoms with Gasteiger partial charge < -0.3 is 5.32 Å². The van der Waals surface area contributed by atoms with Crippen LogP contribution < -0.4 is 10.0 Å². The van der Waals surface area contributed by atoms with Gasteiger partial charge >= 0.3 is 0 Å². The molecule has 1 aliphatic heterocycles. The van der Waals surface area contributed by atoms with Crippen LogP contribution in [0.5, 0.6) is 0 Å². The summed E-state index contributed by atoms with van der Waals surface area (Å²) in [6.07, 6.45) is 3.64. The first-order valence-corrected chi connectivity index (χ1v) is 15.3. The molecule has 0 aliphatic carbocycles. The molecule has 1 aliphatic rings. The molecule has 38 heavy (non-hydrogen) atoms. The van der Waals surface area contributed by atoms with E-state index in [4.69, 9.17) is 0 Å². The van der Waals surface area contributed by atoms with E-state index >= 15 is 0 Å². The smallest absolute Gasteiger partial charge is 0.264 e. The molecule has 0 atom stereocenters. The normalized spacial score (nSPS) is 15.0. The lowest BCUT2D eigenvalue weighted by atomic mass is 10.1. The van der Waals surface area contributed by atoms with Gasteiger partial charge in [-0.2, -0.15) is 4.31 Å². The molecule has 0 saturated carbocycles. The average Bonchev–Trinajstić information content (AvgIpc) is 3.14. The Bertz CT molecular complexity index is 1530. The highest BCUT2D eigenvalue weighted by atomic mass is 32.2. The molecule has 10 nitrogen and oxygen atoms in total. The third-order valence-electron chi connectivity index (χ3n) is 6.26. The van der Waals surface area contributed by atoms with Crippen LogP contribution >= 0.6 is 0 Å².